The van der Waals surface area contributed by atoms with Crippen LogP contribution in [-0.2, 0) is 22.7 Å². The molecule has 5 rings (SSSR count). The molecule has 0 spiro atoms. The van der Waals surface area contributed by atoms with Crippen molar-refractivity contribution >= 4 is 23.4 Å². The van der Waals surface area contributed by atoms with Gasteiger partial charge in [-0.2, -0.15) is 4.80 Å². The van der Waals surface area contributed by atoms with E-state index in [1.54, 1.807) is 29.2 Å². The van der Waals surface area contributed by atoms with Crippen LogP contribution in [0, 0.1) is 0 Å². The van der Waals surface area contributed by atoms with E-state index in [1.807, 2.05) is 25.1 Å². The molecule has 0 bridgehead atoms. The van der Waals surface area contributed by atoms with Crippen molar-refractivity contribution in [2.24, 2.45) is 0 Å². The SMILES string of the molecule is CC[C@@H](C(=O)NC1CCCC1)N(Cc1ccc2c(c1)OCO2)C(=O)Cn1nnc(-c2ccc(Cl)cc2)n1. The van der Waals surface area contributed by atoms with E-state index >= 15 is 0 Å². The van der Waals surface area contributed by atoms with Crippen molar-refractivity contribution in [3.63, 3.8) is 0 Å². The number of carbonyl (C=O) groups excluding carboxylic acids is 2. The lowest BCUT2D eigenvalue weighted by molar-refractivity contribution is -0.142. The number of ether oxygens (including phenoxy) is 2. The van der Waals surface area contributed by atoms with Crippen LogP contribution >= 0.6 is 11.6 Å². The van der Waals surface area contributed by atoms with E-state index < -0.39 is 6.04 Å². The van der Waals surface area contributed by atoms with Gasteiger partial charge in [0.1, 0.15) is 12.6 Å². The van der Waals surface area contributed by atoms with E-state index in [0.717, 1.165) is 36.8 Å². The van der Waals surface area contributed by atoms with Gasteiger partial charge in [0.05, 0.1) is 0 Å². The first-order chi connectivity index (χ1) is 18.0. The third-order valence-corrected chi connectivity index (χ3v) is 6.96. The molecule has 3 aromatic rings. The highest BCUT2D eigenvalue weighted by atomic mass is 35.5. The van der Waals surface area contributed by atoms with Gasteiger partial charge in [-0.1, -0.05) is 37.4 Å². The number of rotatable bonds is 9. The topological polar surface area (TPSA) is 111 Å². The number of carbonyl (C=O) groups is 2. The van der Waals surface area contributed by atoms with Crippen molar-refractivity contribution in [2.75, 3.05) is 6.79 Å². The Hall–Kier alpha value is -3.66. The smallest absolute Gasteiger partial charge is 0.247 e. The van der Waals surface area contributed by atoms with Crippen LogP contribution in [0.2, 0.25) is 5.02 Å². The van der Waals surface area contributed by atoms with E-state index in [4.69, 9.17) is 21.1 Å². The van der Waals surface area contributed by atoms with Crippen LogP contribution in [0.3, 0.4) is 0 Å². The number of benzene rings is 2. The fourth-order valence-electron chi connectivity index (χ4n) is 4.76. The maximum atomic E-state index is 13.6. The Morgan fingerprint density at radius 1 is 1.14 bits per heavy atom. The molecule has 1 fully saturated rings. The highest BCUT2D eigenvalue weighted by molar-refractivity contribution is 6.30. The Kier molecular flexibility index (Phi) is 7.55. The predicted molar refractivity (Wildman–Crippen MR) is 136 cm³/mol. The quantitative estimate of drug-likeness (QED) is 0.455. The molecule has 11 heteroatoms. The van der Waals surface area contributed by atoms with Crippen molar-refractivity contribution in [1.82, 2.24) is 30.4 Å². The standard InChI is InChI=1S/C26H29ClN6O4/c1-2-21(26(35)28-20-5-3-4-6-20)32(14-17-7-12-22-23(13-17)37-16-36-22)24(34)15-33-30-25(29-31-33)18-8-10-19(27)11-9-18/h7-13,20-21H,2-6,14-16H2,1H3,(H,28,35)/t21-/m0/s1. The van der Waals surface area contributed by atoms with Crippen molar-refractivity contribution in [3.8, 4) is 22.9 Å². The summed E-state index contributed by atoms with van der Waals surface area (Å²) in [4.78, 5) is 29.8. The lowest BCUT2D eigenvalue weighted by Gasteiger charge is -2.31. The first-order valence-corrected chi connectivity index (χ1v) is 12.9. The van der Waals surface area contributed by atoms with Crippen LogP contribution in [-0.4, -0.2) is 55.8 Å². The lowest BCUT2D eigenvalue weighted by atomic mass is 10.1. The molecule has 1 aliphatic carbocycles. The monoisotopic (exact) mass is 524 g/mol. The third-order valence-electron chi connectivity index (χ3n) is 6.71. The largest absolute Gasteiger partial charge is 0.454 e. The second kappa shape index (κ2) is 11.2. The first-order valence-electron chi connectivity index (χ1n) is 12.5. The highest BCUT2D eigenvalue weighted by Crippen LogP contribution is 2.33. The van der Waals surface area contributed by atoms with E-state index in [1.165, 1.54) is 4.80 Å². The summed E-state index contributed by atoms with van der Waals surface area (Å²) in [6.45, 7) is 2.14. The van der Waals surface area contributed by atoms with Gasteiger partial charge in [0, 0.05) is 23.2 Å². The number of aromatic nitrogens is 4. The fraction of sp³-hybridized carbons (Fsp3) is 0.423. The van der Waals surface area contributed by atoms with Gasteiger partial charge in [0.2, 0.25) is 24.4 Å². The maximum absolute atomic E-state index is 13.6. The Labute approximate surface area is 219 Å². The molecule has 2 heterocycles. The normalized spacial score (nSPS) is 15.5. The molecule has 0 radical (unpaired) electrons. The Balaban J connectivity index is 1.36. The molecule has 1 aliphatic heterocycles. The van der Waals surface area contributed by atoms with E-state index in [0.29, 0.717) is 28.8 Å². The summed E-state index contributed by atoms with van der Waals surface area (Å²) < 4.78 is 10.9. The molecule has 0 unspecified atom stereocenters. The third kappa shape index (κ3) is 5.85. The lowest BCUT2D eigenvalue weighted by Crippen LogP contribution is -2.51. The molecule has 1 aromatic heterocycles. The molecule has 10 nitrogen and oxygen atoms in total. The van der Waals surface area contributed by atoms with Crippen molar-refractivity contribution in [3.05, 3.63) is 53.1 Å². The summed E-state index contributed by atoms with van der Waals surface area (Å²) in [7, 11) is 0. The van der Waals surface area contributed by atoms with Gasteiger partial charge in [0.15, 0.2) is 11.5 Å². The zero-order chi connectivity index (χ0) is 25.8. The van der Waals surface area contributed by atoms with Gasteiger partial charge < -0.3 is 19.7 Å². The number of hydrogen-bond donors (Lipinski definition) is 1. The molecule has 1 N–H and O–H groups in total. The number of halogens is 1. The molecular formula is C26H29ClN6O4. The first kappa shape index (κ1) is 25.0. The summed E-state index contributed by atoms with van der Waals surface area (Å²) in [5.74, 6) is 1.24. The van der Waals surface area contributed by atoms with Crippen LogP contribution in [0.1, 0.15) is 44.6 Å². The average molecular weight is 525 g/mol. The molecule has 1 saturated carbocycles. The van der Waals surface area contributed by atoms with Crippen LogP contribution in [0.25, 0.3) is 11.4 Å². The minimum absolute atomic E-state index is 0.142. The van der Waals surface area contributed by atoms with E-state index in [9.17, 15) is 9.59 Å². The summed E-state index contributed by atoms with van der Waals surface area (Å²) in [5.41, 5.74) is 1.57. The molecule has 2 amide bonds. The Morgan fingerprint density at radius 2 is 1.89 bits per heavy atom. The molecule has 2 aromatic carbocycles. The van der Waals surface area contributed by atoms with Crippen LogP contribution < -0.4 is 14.8 Å². The van der Waals surface area contributed by atoms with Gasteiger partial charge in [-0.15, -0.1) is 10.2 Å². The molecule has 0 saturated heterocycles. The van der Waals surface area contributed by atoms with Gasteiger partial charge >= 0.3 is 0 Å². The maximum Gasteiger partial charge on any atom is 0.247 e. The van der Waals surface area contributed by atoms with Crippen LogP contribution in [0.15, 0.2) is 42.5 Å². The molecule has 2 aliphatic rings. The van der Waals surface area contributed by atoms with Crippen LogP contribution in [0.5, 0.6) is 11.5 Å². The van der Waals surface area contributed by atoms with Gasteiger partial charge in [-0.3, -0.25) is 9.59 Å². The van der Waals surface area contributed by atoms with Crippen molar-refractivity contribution in [1.29, 1.82) is 0 Å². The Bertz CT molecular complexity index is 1260. The second-order valence-corrected chi connectivity index (χ2v) is 9.71. The summed E-state index contributed by atoms with van der Waals surface area (Å²) in [6.07, 6.45) is 4.62. The predicted octanol–water partition coefficient (Wildman–Crippen LogP) is 3.59. The summed E-state index contributed by atoms with van der Waals surface area (Å²) >= 11 is 5.97. The minimum atomic E-state index is -0.641. The summed E-state index contributed by atoms with van der Waals surface area (Å²) in [5, 5.41) is 16.3. The second-order valence-electron chi connectivity index (χ2n) is 9.27. The summed E-state index contributed by atoms with van der Waals surface area (Å²) in [6, 6.07) is 12.1. The number of tetrazole rings is 1. The van der Waals surface area contributed by atoms with Gasteiger partial charge in [-0.25, -0.2) is 0 Å². The number of nitrogens with one attached hydrogen (secondary N) is 1. The number of hydrogen-bond acceptors (Lipinski definition) is 7. The van der Waals surface area contributed by atoms with E-state index in [2.05, 4.69) is 20.7 Å². The van der Waals surface area contributed by atoms with Gasteiger partial charge in [-0.05, 0) is 66.4 Å². The number of nitrogens with zero attached hydrogens (tertiary/aromatic N) is 5. The molecule has 194 valence electrons. The van der Waals surface area contributed by atoms with Crippen molar-refractivity contribution in [2.45, 2.75) is 64.2 Å². The highest BCUT2D eigenvalue weighted by Gasteiger charge is 2.31. The van der Waals surface area contributed by atoms with Crippen LogP contribution in [0.4, 0.5) is 0 Å². The zero-order valence-corrected chi connectivity index (χ0v) is 21.4. The zero-order valence-electron chi connectivity index (χ0n) is 20.6. The minimum Gasteiger partial charge on any atom is -0.454 e. The molecule has 37 heavy (non-hydrogen) atoms. The number of amides is 2. The Morgan fingerprint density at radius 3 is 2.65 bits per heavy atom. The molecule has 1 atom stereocenters. The molecular weight excluding hydrogens is 496 g/mol. The fourth-order valence-corrected chi connectivity index (χ4v) is 4.89. The number of fused-ring (bicyclic) bond motifs is 1. The van der Waals surface area contributed by atoms with E-state index in [-0.39, 0.29) is 37.7 Å². The van der Waals surface area contributed by atoms with Gasteiger partial charge in [0.25, 0.3) is 0 Å². The van der Waals surface area contributed by atoms with Crippen molar-refractivity contribution < 1.29 is 19.1 Å². The average Bonchev–Trinajstić information content (AvgIpc) is 3.66.